The minimum atomic E-state index is 0.645. The topological polar surface area (TPSA) is 62.7 Å². The van der Waals surface area contributed by atoms with Crippen LogP contribution in [0.5, 0.6) is 0 Å². The summed E-state index contributed by atoms with van der Waals surface area (Å²) in [6.07, 6.45) is 1.73. The summed E-state index contributed by atoms with van der Waals surface area (Å²) in [6, 6.07) is 8.00. The molecule has 4 heterocycles. The highest BCUT2D eigenvalue weighted by Gasteiger charge is 2.09. The fourth-order valence-corrected chi connectivity index (χ4v) is 3.64. The molecule has 7 heteroatoms. The first-order valence-electron chi connectivity index (χ1n) is 7.51. The minimum absolute atomic E-state index is 0.645. The summed E-state index contributed by atoms with van der Waals surface area (Å²) in [7, 11) is 0. The number of nitrogens with one attached hydrogen (secondary N) is 2. The van der Waals surface area contributed by atoms with Crippen LogP contribution >= 0.6 is 22.7 Å². The molecule has 0 saturated carbocycles. The lowest BCUT2D eigenvalue weighted by molar-refractivity contribution is 1.07. The van der Waals surface area contributed by atoms with Crippen molar-refractivity contribution < 1.29 is 0 Å². The van der Waals surface area contributed by atoms with Gasteiger partial charge in [-0.05, 0) is 56.9 Å². The Balaban J connectivity index is 1.61. The van der Waals surface area contributed by atoms with Gasteiger partial charge in [-0.25, -0.2) is 15.0 Å². The zero-order chi connectivity index (χ0) is 16.2. The second kappa shape index (κ2) is 6.94. The molecule has 120 valence electrons. The van der Waals surface area contributed by atoms with Crippen molar-refractivity contribution in [1.29, 1.82) is 0 Å². The molecule has 0 atom stereocenters. The smallest absolute Gasteiger partial charge is 0.180 e. The van der Waals surface area contributed by atoms with E-state index in [4.69, 9.17) is 0 Å². The third-order valence-electron chi connectivity index (χ3n) is 3.52. The van der Waals surface area contributed by atoms with Crippen LogP contribution in [0.15, 0.2) is 52.0 Å². The van der Waals surface area contributed by atoms with E-state index >= 15 is 0 Å². The lowest BCUT2D eigenvalue weighted by Gasteiger charge is -2.12. The highest BCUT2D eigenvalue weighted by Crippen LogP contribution is 2.22. The second-order valence-electron chi connectivity index (χ2n) is 5.24. The maximum atomic E-state index is 4.68. The van der Waals surface area contributed by atoms with Gasteiger partial charge >= 0.3 is 0 Å². The molecule has 0 aliphatic carbocycles. The molecule has 0 fully saturated rings. The van der Waals surface area contributed by atoms with Crippen LogP contribution in [0.2, 0.25) is 0 Å². The largest absolute Gasteiger partial charge is 0.363 e. The molecule has 24 heavy (non-hydrogen) atoms. The van der Waals surface area contributed by atoms with E-state index in [1.54, 1.807) is 28.9 Å². The minimum Gasteiger partial charge on any atom is -0.363 e. The summed E-state index contributed by atoms with van der Waals surface area (Å²) in [6.45, 7) is 1.43. The Morgan fingerprint density at radius 3 is 2.12 bits per heavy atom. The fourth-order valence-electron chi connectivity index (χ4n) is 2.30. The van der Waals surface area contributed by atoms with Crippen LogP contribution in [0.25, 0.3) is 11.2 Å². The van der Waals surface area contributed by atoms with Crippen molar-refractivity contribution in [2.75, 3.05) is 10.6 Å². The molecule has 0 spiro atoms. The Labute approximate surface area is 147 Å². The number of hydrogen-bond donors (Lipinski definition) is 2. The molecule has 4 aromatic heterocycles. The van der Waals surface area contributed by atoms with Gasteiger partial charge in [0.15, 0.2) is 17.3 Å². The van der Waals surface area contributed by atoms with Gasteiger partial charge in [-0.15, -0.1) is 0 Å². The predicted octanol–water partition coefficient (Wildman–Crippen LogP) is 4.37. The summed E-state index contributed by atoms with van der Waals surface area (Å²) in [5.41, 5.74) is 3.89. The quantitative estimate of drug-likeness (QED) is 0.539. The van der Waals surface area contributed by atoms with Crippen molar-refractivity contribution in [3.63, 3.8) is 0 Å². The first kappa shape index (κ1) is 15.0. The third-order valence-corrected chi connectivity index (χ3v) is 4.98. The number of anilines is 2. The summed E-state index contributed by atoms with van der Waals surface area (Å²) in [5.74, 6) is 1.47. The van der Waals surface area contributed by atoms with Crippen LogP contribution in [0.1, 0.15) is 11.1 Å². The summed E-state index contributed by atoms with van der Waals surface area (Å²) in [5, 5.41) is 15.1. The average Bonchev–Trinajstić information content (AvgIpc) is 3.31. The maximum Gasteiger partial charge on any atom is 0.180 e. The first-order chi connectivity index (χ1) is 11.9. The number of nitrogens with zero attached hydrogens (tertiary/aromatic N) is 3. The Hall–Kier alpha value is -2.51. The monoisotopic (exact) mass is 353 g/mol. The van der Waals surface area contributed by atoms with Gasteiger partial charge in [0.05, 0.1) is 0 Å². The Bertz CT molecular complexity index is 843. The van der Waals surface area contributed by atoms with Crippen molar-refractivity contribution in [2.45, 2.75) is 13.1 Å². The second-order valence-corrected chi connectivity index (χ2v) is 6.80. The molecule has 0 amide bonds. The number of rotatable bonds is 6. The van der Waals surface area contributed by atoms with Gasteiger partial charge in [-0.2, -0.15) is 22.7 Å². The fraction of sp³-hybridized carbons (Fsp3) is 0.118. The van der Waals surface area contributed by atoms with Gasteiger partial charge in [0.1, 0.15) is 5.52 Å². The Morgan fingerprint density at radius 1 is 0.833 bits per heavy atom. The molecule has 5 nitrogen and oxygen atoms in total. The van der Waals surface area contributed by atoms with Gasteiger partial charge in [-0.1, -0.05) is 0 Å². The van der Waals surface area contributed by atoms with E-state index in [2.05, 4.69) is 59.2 Å². The van der Waals surface area contributed by atoms with Crippen LogP contribution in [0.4, 0.5) is 11.6 Å². The van der Waals surface area contributed by atoms with Gasteiger partial charge in [0, 0.05) is 19.3 Å². The van der Waals surface area contributed by atoms with Crippen molar-refractivity contribution >= 4 is 45.5 Å². The van der Waals surface area contributed by atoms with Gasteiger partial charge in [-0.3, -0.25) is 0 Å². The summed E-state index contributed by atoms with van der Waals surface area (Å²) in [4.78, 5) is 13.6. The molecule has 4 rings (SSSR count). The van der Waals surface area contributed by atoms with Crippen molar-refractivity contribution in [3.8, 4) is 0 Å². The van der Waals surface area contributed by atoms with Crippen molar-refractivity contribution in [2.24, 2.45) is 0 Å². The molecule has 0 unspecified atom stereocenters. The van der Waals surface area contributed by atoms with Gasteiger partial charge in [0.25, 0.3) is 0 Å². The van der Waals surface area contributed by atoms with E-state index in [1.807, 2.05) is 12.1 Å². The van der Waals surface area contributed by atoms with Crippen LogP contribution in [0, 0.1) is 0 Å². The van der Waals surface area contributed by atoms with Crippen LogP contribution < -0.4 is 10.6 Å². The van der Waals surface area contributed by atoms with Gasteiger partial charge in [0.2, 0.25) is 0 Å². The normalized spacial score (nSPS) is 10.8. The lowest BCUT2D eigenvalue weighted by atomic mass is 10.3. The molecular formula is C17H15N5S2. The van der Waals surface area contributed by atoms with E-state index in [1.165, 1.54) is 11.1 Å². The van der Waals surface area contributed by atoms with Crippen molar-refractivity contribution in [3.05, 3.63) is 63.1 Å². The molecule has 0 saturated heterocycles. The molecule has 0 bridgehead atoms. The molecule has 4 aromatic rings. The van der Waals surface area contributed by atoms with E-state index in [-0.39, 0.29) is 0 Å². The number of hydrogen-bond acceptors (Lipinski definition) is 7. The molecule has 0 aliphatic heterocycles. The molecular weight excluding hydrogens is 338 g/mol. The van der Waals surface area contributed by atoms with E-state index in [9.17, 15) is 0 Å². The first-order valence-corrected chi connectivity index (χ1v) is 9.40. The number of aromatic nitrogens is 3. The zero-order valence-electron chi connectivity index (χ0n) is 12.8. The zero-order valence-corrected chi connectivity index (χ0v) is 14.4. The SMILES string of the molecule is c1cnc2nc(NCc3ccsc3)c(NCc3ccsc3)nc2c1. The number of pyridine rings is 1. The number of fused-ring (bicyclic) bond motifs is 1. The average molecular weight is 353 g/mol. The third kappa shape index (κ3) is 3.37. The number of thiophene rings is 2. The van der Waals surface area contributed by atoms with Crippen LogP contribution in [0.3, 0.4) is 0 Å². The molecule has 2 N–H and O–H groups in total. The van der Waals surface area contributed by atoms with E-state index in [0.29, 0.717) is 12.2 Å². The van der Waals surface area contributed by atoms with E-state index in [0.717, 1.165) is 23.7 Å². The van der Waals surface area contributed by atoms with Gasteiger partial charge < -0.3 is 10.6 Å². The standard InChI is InChI=1S/C17H15N5S2/c1-2-14-15(18-5-1)22-17(20-9-13-4-7-24-11-13)16(21-14)19-8-12-3-6-23-10-12/h1-7,10-11H,8-9H2,(H,19,21)(H,18,20,22). The highest BCUT2D eigenvalue weighted by atomic mass is 32.1. The van der Waals surface area contributed by atoms with Crippen LogP contribution in [-0.4, -0.2) is 15.0 Å². The predicted molar refractivity (Wildman–Crippen MR) is 101 cm³/mol. The Morgan fingerprint density at radius 2 is 1.50 bits per heavy atom. The summed E-state index contributed by atoms with van der Waals surface area (Å²) < 4.78 is 0. The highest BCUT2D eigenvalue weighted by molar-refractivity contribution is 7.08. The Kier molecular flexibility index (Phi) is 4.35. The summed E-state index contributed by atoms with van der Waals surface area (Å²) >= 11 is 3.38. The lowest BCUT2D eigenvalue weighted by Crippen LogP contribution is -2.09. The van der Waals surface area contributed by atoms with Crippen molar-refractivity contribution in [1.82, 2.24) is 15.0 Å². The van der Waals surface area contributed by atoms with Crippen LogP contribution in [-0.2, 0) is 13.1 Å². The molecule has 0 radical (unpaired) electrons. The van der Waals surface area contributed by atoms with E-state index < -0.39 is 0 Å². The molecule has 0 aliphatic rings. The molecule has 0 aromatic carbocycles. The maximum absolute atomic E-state index is 4.68.